The first-order valence-electron chi connectivity index (χ1n) is 9.03. The summed E-state index contributed by atoms with van der Waals surface area (Å²) in [5.41, 5.74) is 8.00. The molecule has 29 heavy (non-hydrogen) atoms. The summed E-state index contributed by atoms with van der Waals surface area (Å²) in [6.45, 7) is 7.02. The van der Waals surface area contributed by atoms with Gasteiger partial charge in [0.05, 0.1) is 21.9 Å². The van der Waals surface area contributed by atoms with E-state index in [-0.39, 0.29) is 11.8 Å². The van der Waals surface area contributed by atoms with E-state index in [1.165, 1.54) is 11.8 Å². The van der Waals surface area contributed by atoms with Crippen LogP contribution in [-0.4, -0.2) is 43.7 Å². The van der Waals surface area contributed by atoms with Crippen LogP contribution in [0, 0.1) is 0 Å². The summed E-state index contributed by atoms with van der Waals surface area (Å²) in [5, 5.41) is 7.26. The number of rotatable bonds is 8. The molecule has 0 unspecified atom stereocenters. The molecule has 2 aromatic heterocycles. The lowest BCUT2D eigenvalue weighted by Crippen LogP contribution is -2.33. The van der Waals surface area contributed by atoms with Crippen molar-refractivity contribution in [3.63, 3.8) is 0 Å². The number of nitrogens with one attached hydrogen (secondary N) is 2. The van der Waals surface area contributed by atoms with Crippen molar-refractivity contribution in [3.05, 3.63) is 60.2 Å². The number of amides is 2. The largest absolute Gasteiger partial charge is 0.272 e. The summed E-state index contributed by atoms with van der Waals surface area (Å²) in [6, 6.07) is 7.31. The van der Waals surface area contributed by atoms with Crippen molar-refractivity contribution in [2.24, 2.45) is 10.2 Å². The summed E-state index contributed by atoms with van der Waals surface area (Å²) in [5.74, 6) is -0.569. The molecule has 0 fully saturated rings. The van der Waals surface area contributed by atoms with Gasteiger partial charge in [0.15, 0.2) is 0 Å². The molecule has 9 heteroatoms. The molecule has 152 valence electrons. The van der Waals surface area contributed by atoms with Gasteiger partial charge >= 0.3 is 0 Å². The van der Waals surface area contributed by atoms with Gasteiger partial charge < -0.3 is 0 Å². The van der Waals surface area contributed by atoms with Gasteiger partial charge in [-0.2, -0.15) is 10.2 Å². The standard InChI is InChI=1S/C20H24N6O2S/c1-13(17-7-5-9-21-11-17)23-25-19(27)15(3)29-16(4)20(28)26-24-14(2)18-8-6-10-22-12-18/h5-12,15-16H,1-4H3,(H,25,27)(H,26,28)/b23-13-,24-14+/t15-,16-/m0/s1. The molecule has 0 aliphatic carbocycles. The van der Waals surface area contributed by atoms with Crippen LogP contribution in [0.4, 0.5) is 0 Å². The normalized spacial score (nSPS) is 14.1. The highest BCUT2D eigenvalue weighted by Gasteiger charge is 2.21. The van der Waals surface area contributed by atoms with E-state index in [0.717, 1.165) is 11.1 Å². The zero-order valence-corrected chi connectivity index (χ0v) is 17.6. The third kappa shape index (κ3) is 7.11. The highest BCUT2D eigenvalue weighted by Crippen LogP contribution is 2.18. The Bertz CT molecular complexity index is 813. The van der Waals surface area contributed by atoms with Gasteiger partial charge in [-0.15, -0.1) is 11.8 Å². The fourth-order valence-corrected chi connectivity index (χ4v) is 3.14. The molecule has 2 aromatic rings. The van der Waals surface area contributed by atoms with Gasteiger partial charge in [-0.05, 0) is 39.8 Å². The molecule has 0 saturated carbocycles. The van der Waals surface area contributed by atoms with Crippen LogP contribution in [0.5, 0.6) is 0 Å². The molecule has 2 atom stereocenters. The number of carbonyl (C=O) groups excluding carboxylic acids is 2. The Balaban J connectivity index is 1.84. The number of nitrogens with zero attached hydrogens (tertiary/aromatic N) is 4. The average Bonchev–Trinajstić information content (AvgIpc) is 2.76. The molecular formula is C20H24N6O2S. The van der Waals surface area contributed by atoms with Crippen molar-refractivity contribution in [2.45, 2.75) is 38.2 Å². The minimum atomic E-state index is -0.468. The minimum Gasteiger partial charge on any atom is -0.272 e. The van der Waals surface area contributed by atoms with E-state index in [1.807, 2.05) is 12.1 Å². The van der Waals surface area contributed by atoms with Gasteiger partial charge in [0.1, 0.15) is 0 Å². The first-order chi connectivity index (χ1) is 13.9. The topological polar surface area (TPSA) is 109 Å². The molecular weight excluding hydrogens is 388 g/mol. The third-order valence-electron chi connectivity index (χ3n) is 3.97. The van der Waals surface area contributed by atoms with E-state index in [2.05, 4.69) is 31.0 Å². The summed E-state index contributed by atoms with van der Waals surface area (Å²) < 4.78 is 0. The van der Waals surface area contributed by atoms with Gasteiger partial charge in [-0.25, -0.2) is 10.9 Å². The molecule has 0 saturated heterocycles. The van der Waals surface area contributed by atoms with E-state index in [4.69, 9.17) is 0 Å². The lowest BCUT2D eigenvalue weighted by Gasteiger charge is -2.15. The molecule has 8 nitrogen and oxygen atoms in total. The van der Waals surface area contributed by atoms with E-state index >= 15 is 0 Å². The highest BCUT2D eigenvalue weighted by molar-refractivity contribution is 8.01. The second-order valence-corrected chi connectivity index (χ2v) is 7.94. The van der Waals surface area contributed by atoms with Crippen molar-refractivity contribution >= 4 is 35.0 Å². The zero-order valence-electron chi connectivity index (χ0n) is 16.8. The van der Waals surface area contributed by atoms with Gasteiger partial charge in [-0.1, -0.05) is 12.1 Å². The lowest BCUT2D eigenvalue weighted by atomic mass is 10.2. The van der Waals surface area contributed by atoms with Gasteiger partial charge in [0, 0.05) is 35.9 Å². The fraction of sp³-hybridized carbons (Fsp3) is 0.300. The highest BCUT2D eigenvalue weighted by atomic mass is 32.2. The first-order valence-corrected chi connectivity index (χ1v) is 9.97. The van der Waals surface area contributed by atoms with Crippen LogP contribution in [0.15, 0.2) is 59.3 Å². The second kappa shape index (κ2) is 11.1. The summed E-state index contributed by atoms with van der Waals surface area (Å²) >= 11 is 1.22. The molecule has 0 radical (unpaired) electrons. The Morgan fingerprint density at radius 1 is 0.862 bits per heavy atom. The maximum Gasteiger partial charge on any atom is 0.252 e. The van der Waals surface area contributed by atoms with Crippen LogP contribution < -0.4 is 10.9 Å². The minimum absolute atomic E-state index is 0.284. The molecule has 0 spiro atoms. The number of aromatic nitrogens is 2. The number of hydrazone groups is 2. The van der Waals surface area contributed by atoms with E-state index in [9.17, 15) is 9.59 Å². The third-order valence-corrected chi connectivity index (χ3v) is 5.22. The maximum atomic E-state index is 12.3. The first kappa shape index (κ1) is 22.2. The Kier molecular flexibility index (Phi) is 8.47. The molecule has 2 rings (SSSR count). The van der Waals surface area contributed by atoms with E-state index in [1.54, 1.807) is 64.6 Å². The quantitative estimate of drug-likeness (QED) is 0.511. The maximum absolute atomic E-state index is 12.3. The van der Waals surface area contributed by atoms with Gasteiger partial charge in [0.25, 0.3) is 11.8 Å². The van der Waals surface area contributed by atoms with Crippen LogP contribution >= 0.6 is 11.8 Å². The van der Waals surface area contributed by atoms with E-state index < -0.39 is 10.5 Å². The molecule has 2 heterocycles. The number of pyridine rings is 2. The number of carbonyl (C=O) groups is 2. The SMILES string of the molecule is C/C(=N/NC(=O)[C@H](C)S[C@@H](C)C(=O)N/N=C(\C)c1cccnc1)c1cccnc1. The predicted molar refractivity (Wildman–Crippen MR) is 116 cm³/mol. The van der Waals surface area contributed by atoms with Gasteiger partial charge in [-0.3, -0.25) is 19.6 Å². The molecule has 2 N–H and O–H groups in total. The molecule has 0 bridgehead atoms. The van der Waals surface area contributed by atoms with E-state index in [0.29, 0.717) is 11.4 Å². The Morgan fingerprint density at radius 2 is 1.28 bits per heavy atom. The van der Waals surface area contributed by atoms with Crippen molar-refractivity contribution < 1.29 is 9.59 Å². The summed E-state index contributed by atoms with van der Waals surface area (Å²) in [7, 11) is 0. The van der Waals surface area contributed by atoms with Gasteiger partial charge in [0.2, 0.25) is 0 Å². The average molecular weight is 413 g/mol. The summed E-state index contributed by atoms with van der Waals surface area (Å²) in [6.07, 6.45) is 6.68. The van der Waals surface area contributed by atoms with Crippen molar-refractivity contribution in [1.82, 2.24) is 20.8 Å². The van der Waals surface area contributed by atoms with Crippen LogP contribution in [-0.2, 0) is 9.59 Å². The Morgan fingerprint density at radius 3 is 1.62 bits per heavy atom. The number of thioether (sulfide) groups is 1. The molecule has 0 aliphatic rings. The number of hydrogen-bond donors (Lipinski definition) is 2. The number of hydrogen-bond acceptors (Lipinski definition) is 7. The predicted octanol–water partition coefficient (Wildman–Crippen LogP) is 2.37. The van der Waals surface area contributed by atoms with Crippen LogP contribution in [0.3, 0.4) is 0 Å². The zero-order chi connectivity index (χ0) is 21.2. The molecule has 0 aliphatic heterocycles. The van der Waals surface area contributed by atoms with Crippen molar-refractivity contribution in [3.8, 4) is 0 Å². The monoisotopic (exact) mass is 412 g/mol. The Labute approximate surface area is 174 Å². The van der Waals surface area contributed by atoms with Crippen LogP contribution in [0.1, 0.15) is 38.8 Å². The van der Waals surface area contributed by atoms with Crippen molar-refractivity contribution in [1.29, 1.82) is 0 Å². The summed E-state index contributed by atoms with van der Waals surface area (Å²) in [4.78, 5) is 32.6. The lowest BCUT2D eigenvalue weighted by molar-refractivity contribution is -0.120. The van der Waals surface area contributed by atoms with Crippen LogP contribution in [0.25, 0.3) is 0 Å². The smallest absolute Gasteiger partial charge is 0.252 e. The molecule has 2 amide bonds. The van der Waals surface area contributed by atoms with Crippen molar-refractivity contribution in [2.75, 3.05) is 0 Å². The molecule has 0 aromatic carbocycles. The fourth-order valence-electron chi connectivity index (χ4n) is 2.17. The second-order valence-electron chi connectivity index (χ2n) is 6.25. The van der Waals surface area contributed by atoms with Crippen LogP contribution in [0.2, 0.25) is 0 Å². The Hall–Kier alpha value is -3.07.